The van der Waals surface area contributed by atoms with Crippen LogP contribution in [0.4, 0.5) is 11.4 Å². The van der Waals surface area contributed by atoms with Crippen molar-refractivity contribution < 1.29 is 19.3 Å². The predicted octanol–water partition coefficient (Wildman–Crippen LogP) is 3.30. The Morgan fingerprint density at radius 2 is 1.84 bits per heavy atom. The maximum absolute atomic E-state index is 11.3. The van der Waals surface area contributed by atoms with Gasteiger partial charge in [0.1, 0.15) is 0 Å². The molecule has 2 aromatic carbocycles. The number of non-ortho nitro benzene ring substituents is 1. The van der Waals surface area contributed by atoms with Gasteiger partial charge < -0.3 is 9.47 Å². The largest absolute Gasteiger partial charge is 0.454 e. The fraction of sp³-hybridized carbons (Fsp3) is 0.0625. The van der Waals surface area contributed by atoms with E-state index in [1.54, 1.807) is 0 Å². The summed E-state index contributed by atoms with van der Waals surface area (Å²) in [7, 11) is 0. The van der Waals surface area contributed by atoms with Gasteiger partial charge in [-0.2, -0.15) is 5.26 Å². The van der Waals surface area contributed by atoms with Crippen molar-refractivity contribution in [3.63, 3.8) is 0 Å². The van der Waals surface area contributed by atoms with Crippen molar-refractivity contribution in [3.05, 3.63) is 67.8 Å². The molecule has 0 spiro atoms. The van der Waals surface area contributed by atoms with Crippen molar-refractivity contribution >= 4 is 23.0 Å². The van der Waals surface area contributed by atoms with Gasteiger partial charge in [0, 0.05) is 12.1 Å². The van der Waals surface area contributed by atoms with Crippen LogP contribution in [0.15, 0.2) is 36.4 Å². The highest BCUT2D eigenvalue weighted by Gasteiger charge is 2.23. The van der Waals surface area contributed by atoms with Crippen molar-refractivity contribution in [1.29, 1.82) is 5.26 Å². The average molecular weight is 339 g/mol. The minimum Gasteiger partial charge on any atom is -0.454 e. The van der Waals surface area contributed by atoms with E-state index in [9.17, 15) is 25.5 Å². The molecular formula is C16H9N3O6. The molecule has 0 aliphatic carbocycles. The molecule has 3 rings (SSSR count). The second-order valence-corrected chi connectivity index (χ2v) is 5.00. The molecule has 0 bridgehead atoms. The van der Waals surface area contributed by atoms with E-state index in [0.717, 1.165) is 0 Å². The molecule has 9 heteroatoms. The number of fused-ring (bicyclic) bond motifs is 1. The van der Waals surface area contributed by atoms with Crippen molar-refractivity contribution in [2.45, 2.75) is 0 Å². The Morgan fingerprint density at radius 1 is 1.12 bits per heavy atom. The number of hydrogen-bond donors (Lipinski definition) is 0. The van der Waals surface area contributed by atoms with Crippen LogP contribution >= 0.6 is 0 Å². The maximum Gasteiger partial charge on any atom is 0.280 e. The summed E-state index contributed by atoms with van der Waals surface area (Å²) < 4.78 is 10.3. The first-order valence-electron chi connectivity index (χ1n) is 6.94. The van der Waals surface area contributed by atoms with Gasteiger partial charge in [0.15, 0.2) is 11.5 Å². The zero-order valence-electron chi connectivity index (χ0n) is 12.5. The van der Waals surface area contributed by atoms with Gasteiger partial charge in [-0.1, -0.05) is 12.1 Å². The van der Waals surface area contributed by atoms with Gasteiger partial charge in [-0.05, 0) is 17.7 Å². The third kappa shape index (κ3) is 3.09. The lowest BCUT2D eigenvalue weighted by Crippen LogP contribution is -1.93. The second kappa shape index (κ2) is 6.29. The molecule has 0 radical (unpaired) electrons. The van der Waals surface area contributed by atoms with E-state index in [4.69, 9.17) is 9.47 Å². The molecule has 25 heavy (non-hydrogen) atoms. The summed E-state index contributed by atoms with van der Waals surface area (Å²) in [4.78, 5) is 21.0. The van der Waals surface area contributed by atoms with Gasteiger partial charge in [-0.3, -0.25) is 20.2 Å². The molecule has 124 valence electrons. The van der Waals surface area contributed by atoms with E-state index in [1.807, 2.05) is 6.07 Å². The molecule has 0 fully saturated rings. The smallest absolute Gasteiger partial charge is 0.280 e. The monoisotopic (exact) mass is 339 g/mol. The minimum absolute atomic E-state index is 0.0460. The van der Waals surface area contributed by atoms with Crippen LogP contribution in [0.2, 0.25) is 0 Å². The normalized spacial score (nSPS) is 12.5. The lowest BCUT2D eigenvalue weighted by Gasteiger charge is -2.03. The fourth-order valence-corrected chi connectivity index (χ4v) is 2.34. The number of nitro groups is 2. The Hall–Kier alpha value is -3.93. The quantitative estimate of drug-likeness (QED) is 0.361. The SMILES string of the molecule is N#CC(=Cc1cc2c(cc1[N+](=O)[O-])OCO2)c1cccc([N+](=O)[O-])c1. The molecule has 0 amide bonds. The van der Waals surface area contributed by atoms with E-state index >= 15 is 0 Å². The van der Waals surface area contributed by atoms with Crippen LogP contribution in [0, 0.1) is 31.6 Å². The number of benzene rings is 2. The third-order valence-corrected chi connectivity index (χ3v) is 3.51. The van der Waals surface area contributed by atoms with Crippen molar-refractivity contribution in [3.8, 4) is 17.6 Å². The second-order valence-electron chi connectivity index (χ2n) is 5.00. The number of nitriles is 1. The number of nitro benzene ring substituents is 2. The van der Waals surface area contributed by atoms with Gasteiger partial charge in [-0.15, -0.1) is 0 Å². The standard InChI is InChI=1S/C16H9N3O6/c17-8-12(10-2-1-3-13(5-10)18(20)21)4-11-6-15-16(25-9-24-15)7-14(11)19(22)23/h1-7H,9H2. The van der Waals surface area contributed by atoms with Crippen LogP contribution in [0.5, 0.6) is 11.5 Å². The molecule has 0 saturated carbocycles. The van der Waals surface area contributed by atoms with E-state index in [-0.39, 0.29) is 40.6 Å². The van der Waals surface area contributed by atoms with Crippen molar-refractivity contribution in [2.24, 2.45) is 0 Å². The van der Waals surface area contributed by atoms with Crippen LogP contribution in [-0.2, 0) is 0 Å². The number of nitrogens with zero attached hydrogens (tertiary/aromatic N) is 3. The summed E-state index contributed by atoms with van der Waals surface area (Å²) in [5, 5.41) is 31.5. The molecular weight excluding hydrogens is 330 g/mol. The fourth-order valence-electron chi connectivity index (χ4n) is 2.34. The summed E-state index contributed by atoms with van der Waals surface area (Å²) in [5.74, 6) is 0.575. The molecule has 0 saturated heterocycles. The van der Waals surface area contributed by atoms with E-state index in [1.165, 1.54) is 42.5 Å². The zero-order chi connectivity index (χ0) is 18.0. The van der Waals surface area contributed by atoms with Gasteiger partial charge in [-0.25, -0.2) is 0 Å². The molecule has 1 heterocycles. The van der Waals surface area contributed by atoms with Crippen LogP contribution in [0.3, 0.4) is 0 Å². The topological polar surface area (TPSA) is 129 Å². The highest BCUT2D eigenvalue weighted by Crippen LogP contribution is 2.39. The van der Waals surface area contributed by atoms with Crippen LogP contribution in [-0.4, -0.2) is 16.6 Å². The summed E-state index contributed by atoms with van der Waals surface area (Å²) >= 11 is 0. The molecule has 9 nitrogen and oxygen atoms in total. The summed E-state index contributed by atoms with van der Waals surface area (Å²) in [5.41, 5.74) is 0.0212. The van der Waals surface area contributed by atoms with Gasteiger partial charge in [0.25, 0.3) is 11.4 Å². The van der Waals surface area contributed by atoms with Crippen molar-refractivity contribution in [1.82, 2.24) is 0 Å². The highest BCUT2D eigenvalue weighted by atomic mass is 16.7. The summed E-state index contributed by atoms with van der Waals surface area (Å²) in [6.45, 7) is -0.0460. The molecule has 0 unspecified atom stereocenters. The first-order valence-corrected chi connectivity index (χ1v) is 6.94. The number of allylic oxidation sites excluding steroid dienone is 1. The first kappa shape index (κ1) is 15.9. The van der Waals surface area contributed by atoms with Gasteiger partial charge in [0.2, 0.25) is 6.79 Å². The number of rotatable bonds is 4. The van der Waals surface area contributed by atoms with Gasteiger partial charge in [0.05, 0.1) is 33.1 Å². The molecule has 2 aromatic rings. The Bertz CT molecular complexity index is 961. The maximum atomic E-state index is 11.3. The predicted molar refractivity (Wildman–Crippen MR) is 85.8 cm³/mol. The van der Waals surface area contributed by atoms with Crippen molar-refractivity contribution in [2.75, 3.05) is 6.79 Å². The van der Waals surface area contributed by atoms with Crippen LogP contribution in [0.1, 0.15) is 11.1 Å². The van der Waals surface area contributed by atoms with E-state index < -0.39 is 9.85 Å². The number of hydrogen-bond acceptors (Lipinski definition) is 7. The average Bonchev–Trinajstić information content (AvgIpc) is 3.06. The Kier molecular flexibility index (Phi) is 4.01. The Labute approximate surface area is 140 Å². The number of ether oxygens (including phenoxy) is 2. The molecule has 1 aliphatic heterocycles. The summed E-state index contributed by atoms with van der Waals surface area (Å²) in [6.07, 6.45) is 1.29. The lowest BCUT2D eigenvalue weighted by molar-refractivity contribution is -0.385. The lowest BCUT2D eigenvalue weighted by atomic mass is 10.0. The Balaban J connectivity index is 2.12. The van der Waals surface area contributed by atoms with Crippen LogP contribution < -0.4 is 9.47 Å². The third-order valence-electron chi connectivity index (χ3n) is 3.51. The first-order chi connectivity index (χ1) is 12.0. The van der Waals surface area contributed by atoms with E-state index in [2.05, 4.69) is 0 Å². The van der Waals surface area contributed by atoms with E-state index in [0.29, 0.717) is 5.75 Å². The molecule has 1 aliphatic rings. The van der Waals surface area contributed by atoms with Crippen LogP contribution in [0.25, 0.3) is 11.6 Å². The summed E-state index contributed by atoms with van der Waals surface area (Å²) in [6, 6.07) is 10.0. The minimum atomic E-state index is -0.601. The molecule has 0 N–H and O–H groups in total. The highest BCUT2D eigenvalue weighted by molar-refractivity contribution is 5.92. The Morgan fingerprint density at radius 3 is 2.48 bits per heavy atom. The van der Waals surface area contributed by atoms with Gasteiger partial charge >= 0.3 is 0 Å². The molecule has 0 atom stereocenters. The molecule has 0 aromatic heterocycles. The zero-order valence-corrected chi connectivity index (χ0v) is 12.5.